The number of nitrogens with zero attached hydrogens (tertiary/aromatic N) is 1. The molecular formula is C13H25N3O3. The second-order valence-electron chi connectivity index (χ2n) is 5.08. The van der Waals surface area contributed by atoms with Crippen molar-refractivity contribution in [2.75, 3.05) is 20.3 Å². The average Bonchev–Trinajstić information content (AvgIpc) is 2.69. The highest BCUT2D eigenvalue weighted by Crippen LogP contribution is 2.35. The van der Waals surface area contributed by atoms with E-state index in [9.17, 15) is 4.79 Å². The molecule has 6 nitrogen and oxygen atoms in total. The second kappa shape index (κ2) is 7.99. The van der Waals surface area contributed by atoms with Crippen LogP contribution in [0.2, 0.25) is 0 Å². The molecule has 0 bridgehead atoms. The topological polar surface area (TPSA) is 96.9 Å². The number of nitrogens with two attached hydrogens (primary N) is 1. The highest BCUT2D eigenvalue weighted by Gasteiger charge is 2.42. The first-order valence-corrected chi connectivity index (χ1v) is 6.92. The van der Waals surface area contributed by atoms with Gasteiger partial charge in [0.2, 0.25) is 5.91 Å². The number of oxime groups is 1. The molecule has 6 heteroatoms. The molecule has 1 aliphatic carbocycles. The summed E-state index contributed by atoms with van der Waals surface area (Å²) in [6.07, 6.45) is 6.12. The van der Waals surface area contributed by atoms with Crippen molar-refractivity contribution in [3.05, 3.63) is 0 Å². The summed E-state index contributed by atoms with van der Waals surface area (Å²) in [5, 5.41) is 14.9. The van der Waals surface area contributed by atoms with Gasteiger partial charge in [0.15, 0.2) is 5.84 Å². The van der Waals surface area contributed by atoms with Crippen LogP contribution >= 0.6 is 0 Å². The molecule has 0 saturated heterocycles. The molecule has 19 heavy (non-hydrogen) atoms. The normalized spacial score (nSPS) is 19.7. The quantitative estimate of drug-likeness (QED) is 0.169. The van der Waals surface area contributed by atoms with Gasteiger partial charge in [0.25, 0.3) is 0 Å². The lowest BCUT2D eigenvalue weighted by atomic mass is 9.78. The minimum atomic E-state index is -0.835. The second-order valence-corrected chi connectivity index (χ2v) is 5.08. The van der Waals surface area contributed by atoms with Crippen molar-refractivity contribution in [3.63, 3.8) is 0 Å². The molecule has 1 rings (SSSR count). The SMILES string of the molecule is COCCCNC(=O)C1(C(N)=NO)CCCCCC1. The van der Waals surface area contributed by atoms with E-state index in [0.29, 0.717) is 26.0 Å². The van der Waals surface area contributed by atoms with Crippen molar-refractivity contribution in [3.8, 4) is 0 Å². The maximum atomic E-state index is 12.4. The predicted octanol–water partition coefficient (Wildman–Crippen LogP) is 1.23. The van der Waals surface area contributed by atoms with E-state index < -0.39 is 5.41 Å². The standard InChI is InChI=1S/C13H25N3O3/c1-19-10-6-9-15-12(17)13(11(14)16-18)7-4-2-3-5-8-13/h18H,2-10H2,1H3,(H2,14,16)(H,15,17). The highest BCUT2D eigenvalue weighted by molar-refractivity contribution is 6.06. The maximum absolute atomic E-state index is 12.4. The van der Waals surface area contributed by atoms with Gasteiger partial charge in [-0.15, -0.1) is 0 Å². The van der Waals surface area contributed by atoms with Crippen LogP contribution in [0, 0.1) is 5.41 Å². The molecule has 0 atom stereocenters. The lowest BCUT2D eigenvalue weighted by Gasteiger charge is -2.29. The number of amidine groups is 1. The molecule has 4 N–H and O–H groups in total. The van der Waals surface area contributed by atoms with Crippen LogP contribution in [0.3, 0.4) is 0 Å². The third-order valence-corrected chi connectivity index (χ3v) is 3.80. The number of amides is 1. The van der Waals surface area contributed by atoms with E-state index >= 15 is 0 Å². The Morgan fingerprint density at radius 3 is 2.53 bits per heavy atom. The van der Waals surface area contributed by atoms with Crippen molar-refractivity contribution in [2.45, 2.75) is 44.9 Å². The monoisotopic (exact) mass is 271 g/mol. The van der Waals surface area contributed by atoms with Gasteiger partial charge >= 0.3 is 0 Å². The third-order valence-electron chi connectivity index (χ3n) is 3.80. The summed E-state index contributed by atoms with van der Waals surface area (Å²) in [4.78, 5) is 12.4. The van der Waals surface area contributed by atoms with Gasteiger partial charge in [0, 0.05) is 20.3 Å². The first-order valence-electron chi connectivity index (χ1n) is 6.92. The van der Waals surface area contributed by atoms with Crippen LogP contribution in [0.5, 0.6) is 0 Å². The van der Waals surface area contributed by atoms with E-state index in [2.05, 4.69) is 10.5 Å². The van der Waals surface area contributed by atoms with E-state index in [1.54, 1.807) is 7.11 Å². The summed E-state index contributed by atoms with van der Waals surface area (Å²) < 4.78 is 4.94. The fourth-order valence-electron chi connectivity index (χ4n) is 2.61. The Bertz CT molecular complexity index is 310. The Kier molecular flexibility index (Phi) is 6.62. The number of carbonyl (C=O) groups is 1. The first kappa shape index (κ1) is 15.8. The molecular weight excluding hydrogens is 246 g/mol. The predicted molar refractivity (Wildman–Crippen MR) is 73.0 cm³/mol. The lowest BCUT2D eigenvalue weighted by Crippen LogP contribution is -2.50. The van der Waals surface area contributed by atoms with Crippen molar-refractivity contribution in [1.29, 1.82) is 0 Å². The van der Waals surface area contributed by atoms with Crippen LogP contribution in [0.1, 0.15) is 44.9 Å². The van der Waals surface area contributed by atoms with Crippen molar-refractivity contribution in [2.24, 2.45) is 16.3 Å². The van der Waals surface area contributed by atoms with E-state index in [4.69, 9.17) is 15.7 Å². The minimum Gasteiger partial charge on any atom is -0.409 e. The van der Waals surface area contributed by atoms with Gasteiger partial charge in [0.1, 0.15) is 5.41 Å². The smallest absolute Gasteiger partial charge is 0.233 e. The van der Waals surface area contributed by atoms with Crippen LogP contribution in [0.15, 0.2) is 5.16 Å². The van der Waals surface area contributed by atoms with Gasteiger partial charge in [-0.25, -0.2) is 0 Å². The number of nitrogens with one attached hydrogen (secondary N) is 1. The number of methoxy groups -OCH3 is 1. The first-order chi connectivity index (χ1) is 9.17. The molecule has 1 saturated carbocycles. The average molecular weight is 271 g/mol. The Morgan fingerprint density at radius 1 is 1.37 bits per heavy atom. The molecule has 110 valence electrons. The molecule has 0 aromatic rings. The number of hydrogen-bond acceptors (Lipinski definition) is 4. The van der Waals surface area contributed by atoms with Crippen LogP contribution in [0.4, 0.5) is 0 Å². The van der Waals surface area contributed by atoms with Gasteiger partial charge in [-0.05, 0) is 19.3 Å². The molecule has 0 radical (unpaired) electrons. The zero-order valence-corrected chi connectivity index (χ0v) is 11.7. The number of ether oxygens (including phenoxy) is 1. The Hall–Kier alpha value is -1.30. The van der Waals surface area contributed by atoms with Crippen LogP contribution in [0.25, 0.3) is 0 Å². The molecule has 0 heterocycles. The Labute approximate surface area is 114 Å². The molecule has 0 unspecified atom stereocenters. The molecule has 0 aliphatic heterocycles. The fourth-order valence-corrected chi connectivity index (χ4v) is 2.61. The van der Waals surface area contributed by atoms with Crippen molar-refractivity contribution in [1.82, 2.24) is 5.32 Å². The largest absolute Gasteiger partial charge is 0.409 e. The minimum absolute atomic E-state index is 0.0404. The molecule has 0 spiro atoms. The summed E-state index contributed by atoms with van der Waals surface area (Å²) in [7, 11) is 1.63. The van der Waals surface area contributed by atoms with Gasteiger partial charge in [-0.1, -0.05) is 30.8 Å². The van der Waals surface area contributed by atoms with E-state index in [1.807, 2.05) is 0 Å². The van der Waals surface area contributed by atoms with Gasteiger partial charge in [0.05, 0.1) is 0 Å². The number of rotatable bonds is 6. The zero-order chi connectivity index (χ0) is 14.1. The third kappa shape index (κ3) is 4.09. The van der Waals surface area contributed by atoms with Gasteiger partial charge in [-0.3, -0.25) is 4.79 Å². The van der Waals surface area contributed by atoms with E-state index in [0.717, 1.165) is 32.1 Å². The summed E-state index contributed by atoms with van der Waals surface area (Å²) in [6.45, 7) is 1.16. The lowest BCUT2D eigenvalue weighted by molar-refractivity contribution is -0.128. The summed E-state index contributed by atoms with van der Waals surface area (Å²) in [5.41, 5.74) is 4.96. The van der Waals surface area contributed by atoms with Gasteiger partial charge < -0.3 is 21.0 Å². The molecule has 1 aliphatic rings. The van der Waals surface area contributed by atoms with E-state index in [1.165, 1.54) is 0 Å². The van der Waals surface area contributed by atoms with Crippen LogP contribution in [-0.2, 0) is 9.53 Å². The van der Waals surface area contributed by atoms with E-state index in [-0.39, 0.29) is 11.7 Å². The Balaban J connectivity index is 2.69. The van der Waals surface area contributed by atoms with Gasteiger partial charge in [-0.2, -0.15) is 0 Å². The fraction of sp³-hybridized carbons (Fsp3) is 0.846. The Morgan fingerprint density at radius 2 is 2.00 bits per heavy atom. The summed E-state index contributed by atoms with van der Waals surface area (Å²) in [6, 6.07) is 0. The maximum Gasteiger partial charge on any atom is 0.233 e. The zero-order valence-electron chi connectivity index (χ0n) is 11.7. The molecule has 0 aromatic heterocycles. The van der Waals surface area contributed by atoms with Crippen LogP contribution in [-0.4, -0.2) is 37.2 Å². The molecule has 1 fully saturated rings. The van der Waals surface area contributed by atoms with Crippen molar-refractivity contribution >= 4 is 11.7 Å². The number of carbonyl (C=O) groups excluding carboxylic acids is 1. The molecule has 0 aromatic carbocycles. The highest BCUT2D eigenvalue weighted by atomic mass is 16.5. The van der Waals surface area contributed by atoms with Crippen molar-refractivity contribution < 1.29 is 14.7 Å². The number of hydrogen-bond donors (Lipinski definition) is 3. The summed E-state index contributed by atoms with van der Waals surface area (Å²) in [5.74, 6) is -0.0838. The van der Waals surface area contributed by atoms with Crippen LogP contribution < -0.4 is 11.1 Å². The summed E-state index contributed by atoms with van der Waals surface area (Å²) >= 11 is 0. The molecule has 1 amide bonds.